The van der Waals surface area contributed by atoms with Crippen LogP contribution in [0, 0.1) is 0 Å². The van der Waals surface area contributed by atoms with Gasteiger partial charge >= 0.3 is 0 Å². The van der Waals surface area contributed by atoms with Crippen LogP contribution in [-0.2, 0) is 6.54 Å². The van der Waals surface area contributed by atoms with Gasteiger partial charge in [-0.25, -0.2) is 0 Å². The fraction of sp³-hybridized carbons (Fsp3) is 0.409. The van der Waals surface area contributed by atoms with E-state index in [0.717, 1.165) is 66.3 Å². The van der Waals surface area contributed by atoms with Crippen LogP contribution >= 0.6 is 12.2 Å². The quantitative estimate of drug-likeness (QED) is 0.693. The normalized spacial score (nSPS) is 14.4. The topological polar surface area (TPSA) is 46.2 Å². The lowest BCUT2D eigenvalue weighted by molar-refractivity contribution is 0.175. The average molecular weight is 416 g/mol. The third-order valence-electron chi connectivity index (χ3n) is 4.96. The molecule has 2 aromatic rings. The average Bonchev–Trinajstić information content (AvgIpc) is 2.75. The van der Waals surface area contributed by atoms with Gasteiger partial charge in [-0.2, -0.15) is 0 Å². The lowest BCUT2D eigenvalue weighted by Gasteiger charge is -2.36. The third-order valence-corrected chi connectivity index (χ3v) is 5.32. The molecule has 29 heavy (non-hydrogen) atoms. The zero-order valence-electron chi connectivity index (χ0n) is 17.3. The zero-order valence-corrected chi connectivity index (χ0v) is 18.1. The van der Waals surface area contributed by atoms with Crippen LogP contribution in [0.3, 0.4) is 0 Å². The van der Waals surface area contributed by atoms with Gasteiger partial charge in [0, 0.05) is 44.0 Å². The number of benzene rings is 2. The summed E-state index contributed by atoms with van der Waals surface area (Å²) in [6.07, 6.45) is 0. The van der Waals surface area contributed by atoms with E-state index in [9.17, 15) is 0 Å². The van der Waals surface area contributed by atoms with Crippen molar-refractivity contribution in [2.75, 3.05) is 52.3 Å². The Bertz CT molecular complexity index is 805. The van der Waals surface area contributed by atoms with Crippen LogP contribution < -0.4 is 19.5 Å². The van der Waals surface area contributed by atoms with Gasteiger partial charge in [-0.1, -0.05) is 0 Å². The predicted molar refractivity (Wildman–Crippen MR) is 120 cm³/mol. The van der Waals surface area contributed by atoms with Crippen LogP contribution in [0.15, 0.2) is 42.5 Å². The summed E-state index contributed by atoms with van der Waals surface area (Å²) < 4.78 is 16.3. The lowest BCUT2D eigenvalue weighted by atomic mass is 10.1. The molecule has 1 aliphatic heterocycles. The van der Waals surface area contributed by atoms with Gasteiger partial charge in [0.2, 0.25) is 0 Å². The van der Waals surface area contributed by atoms with Crippen LogP contribution in [0.4, 0.5) is 5.69 Å². The van der Waals surface area contributed by atoms with Crippen LogP contribution in [0.25, 0.3) is 0 Å². The van der Waals surface area contributed by atoms with Crippen molar-refractivity contribution in [2.24, 2.45) is 0 Å². The molecule has 6 nitrogen and oxygen atoms in total. The Morgan fingerprint density at radius 2 is 1.66 bits per heavy atom. The Labute approximate surface area is 178 Å². The van der Waals surface area contributed by atoms with Gasteiger partial charge in [0.25, 0.3) is 0 Å². The van der Waals surface area contributed by atoms with Crippen molar-refractivity contribution in [3.63, 3.8) is 0 Å². The largest absolute Gasteiger partial charge is 0.497 e. The Balaban J connectivity index is 1.51. The second kappa shape index (κ2) is 10.3. The highest BCUT2D eigenvalue weighted by Crippen LogP contribution is 2.25. The molecule has 0 unspecified atom stereocenters. The molecule has 0 aliphatic carbocycles. The Morgan fingerprint density at radius 3 is 2.28 bits per heavy atom. The highest BCUT2D eigenvalue weighted by atomic mass is 32.1. The molecular formula is C22H29N3O3S. The summed E-state index contributed by atoms with van der Waals surface area (Å²) in [6, 6.07) is 13.8. The summed E-state index contributed by atoms with van der Waals surface area (Å²) in [5.41, 5.74) is 2.11. The first-order valence-electron chi connectivity index (χ1n) is 9.85. The summed E-state index contributed by atoms with van der Waals surface area (Å²) in [5, 5.41) is 4.08. The fourth-order valence-electron chi connectivity index (χ4n) is 3.36. The van der Waals surface area contributed by atoms with Gasteiger partial charge in [0.05, 0.1) is 20.8 Å². The SMILES string of the molecule is CCOc1ccc(NC(=S)N2CCN(Cc3cc(OC)ccc3OC)CC2)cc1. The van der Waals surface area contributed by atoms with Crippen LogP contribution in [0.5, 0.6) is 17.2 Å². The van der Waals surface area contributed by atoms with E-state index < -0.39 is 0 Å². The number of anilines is 1. The second-order valence-electron chi connectivity index (χ2n) is 6.83. The van der Waals surface area contributed by atoms with Gasteiger partial charge in [-0.15, -0.1) is 0 Å². The highest BCUT2D eigenvalue weighted by Gasteiger charge is 2.20. The molecule has 1 aliphatic rings. The molecule has 2 aromatic carbocycles. The van der Waals surface area contributed by atoms with Gasteiger partial charge < -0.3 is 24.4 Å². The van der Waals surface area contributed by atoms with Crippen molar-refractivity contribution in [1.82, 2.24) is 9.80 Å². The molecule has 0 aromatic heterocycles. The zero-order chi connectivity index (χ0) is 20.6. The summed E-state index contributed by atoms with van der Waals surface area (Å²) in [7, 11) is 3.39. The number of ether oxygens (including phenoxy) is 3. The first-order chi connectivity index (χ1) is 14.1. The smallest absolute Gasteiger partial charge is 0.173 e. The lowest BCUT2D eigenvalue weighted by Crippen LogP contribution is -2.49. The van der Waals surface area contributed by atoms with Gasteiger partial charge in [-0.05, 0) is 61.6 Å². The molecule has 3 rings (SSSR count). The molecule has 1 N–H and O–H groups in total. The van der Waals surface area contributed by atoms with Crippen molar-refractivity contribution in [2.45, 2.75) is 13.5 Å². The number of nitrogens with one attached hydrogen (secondary N) is 1. The minimum absolute atomic E-state index is 0.664. The third kappa shape index (κ3) is 5.74. The van der Waals surface area contributed by atoms with Crippen LogP contribution in [0.2, 0.25) is 0 Å². The maximum atomic E-state index is 5.61. The molecule has 0 amide bonds. The summed E-state index contributed by atoms with van der Waals surface area (Å²) >= 11 is 5.61. The summed E-state index contributed by atoms with van der Waals surface area (Å²) in [4.78, 5) is 4.62. The molecule has 0 atom stereocenters. The van der Waals surface area contributed by atoms with Crippen molar-refractivity contribution < 1.29 is 14.2 Å². The van der Waals surface area contributed by atoms with E-state index in [0.29, 0.717) is 6.61 Å². The van der Waals surface area contributed by atoms with Crippen molar-refractivity contribution >= 4 is 23.0 Å². The van der Waals surface area contributed by atoms with Gasteiger partial charge in [-0.3, -0.25) is 4.90 Å². The first kappa shape index (κ1) is 21.2. The summed E-state index contributed by atoms with van der Waals surface area (Å²) in [5.74, 6) is 2.60. The van der Waals surface area contributed by atoms with Crippen molar-refractivity contribution in [3.8, 4) is 17.2 Å². The molecule has 0 saturated carbocycles. The number of rotatable bonds is 7. The van der Waals surface area contributed by atoms with Gasteiger partial charge in [0.1, 0.15) is 17.2 Å². The Kier molecular flexibility index (Phi) is 7.55. The number of nitrogens with zero attached hydrogens (tertiary/aromatic N) is 2. The first-order valence-corrected chi connectivity index (χ1v) is 10.3. The highest BCUT2D eigenvalue weighted by molar-refractivity contribution is 7.80. The van der Waals surface area contributed by atoms with E-state index in [-0.39, 0.29) is 0 Å². The van der Waals surface area contributed by atoms with Crippen molar-refractivity contribution in [3.05, 3.63) is 48.0 Å². The molecule has 0 bridgehead atoms. The molecule has 0 radical (unpaired) electrons. The number of methoxy groups -OCH3 is 2. The van der Waals surface area contributed by atoms with E-state index in [4.69, 9.17) is 26.4 Å². The Hall–Kier alpha value is -2.51. The maximum Gasteiger partial charge on any atom is 0.173 e. The number of hydrogen-bond donors (Lipinski definition) is 1. The molecule has 1 fully saturated rings. The predicted octanol–water partition coefficient (Wildman–Crippen LogP) is 3.62. The monoisotopic (exact) mass is 415 g/mol. The fourth-order valence-corrected chi connectivity index (χ4v) is 3.66. The maximum absolute atomic E-state index is 5.61. The number of hydrogen-bond acceptors (Lipinski definition) is 5. The standard InChI is InChI=1S/C22H29N3O3S/c1-4-28-19-7-5-18(6-8-19)23-22(29)25-13-11-24(12-14-25)16-17-15-20(26-2)9-10-21(17)27-3/h5-10,15H,4,11-14,16H2,1-3H3,(H,23,29). The van der Waals surface area contributed by atoms with E-state index in [1.807, 2.05) is 49.4 Å². The van der Waals surface area contributed by atoms with E-state index >= 15 is 0 Å². The van der Waals surface area contributed by atoms with Gasteiger partial charge in [0.15, 0.2) is 5.11 Å². The molecule has 1 saturated heterocycles. The second-order valence-corrected chi connectivity index (χ2v) is 7.22. The molecule has 1 heterocycles. The minimum Gasteiger partial charge on any atom is -0.497 e. The summed E-state index contributed by atoms with van der Waals surface area (Å²) in [6.45, 7) is 7.11. The van der Waals surface area contributed by atoms with E-state index in [2.05, 4.69) is 15.1 Å². The van der Waals surface area contributed by atoms with Crippen LogP contribution in [-0.4, -0.2) is 61.9 Å². The molecule has 0 spiro atoms. The van der Waals surface area contributed by atoms with E-state index in [1.165, 1.54) is 0 Å². The number of piperazine rings is 1. The number of thiocarbonyl (C=S) groups is 1. The van der Waals surface area contributed by atoms with Crippen molar-refractivity contribution in [1.29, 1.82) is 0 Å². The molecule has 156 valence electrons. The molecule has 7 heteroatoms. The van der Waals surface area contributed by atoms with E-state index in [1.54, 1.807) is 14.2 Å². The van der Waals surface area contributed by atoms with Crippen LogP contribution in [0.1, 0.15) is 12.5 Å². The molecular weight excluding hydrogens is 386 g/mol. The Morgan fingerprint density at radius 1 is 0.966 bits per heavy atom. The minimum atomic E-state index is 0.664.